The van der Waals surface area contributed by atoms with Crippen LogP contribution in [-0.2, 0) is 4.79 Å². The van der Waals surface area contributed by atoms with E-state index in [-0.39, 0.29) is 0 Å². The van der Waals surface area contributed by atoms with E-state index < -0.39 is 0 Å². The number of hydrogen-bond acceptors (Lipinski definition) is 3. The molecule has 0 atom stereocenters. The van der Waals surface area contributed by atoms with Gasteiger partial charge in [-0.2, -0.15) is 0 Å². The highest BCUT2D eigenvalue weighted by molar-refractivity contribution is 5.76. The van der Waals surface area contributed by atoms with Gasteiger partial charge in [-0.15, -0.1) is 0 Å². The van der Waals surface area contributed by atoms with Crippen molar-refractivity contribution in [1.82, 2.24) is 15.1 Å². The predicted octanol–water partition coefficient (Wildman–Crippen LogP) is 0.929. The van der Waals surface area contributed by atoms with E-state index in [9.17, 15) is 4.79 Å². The largest absolute Gasteiger partial charge is 0.340 e. The van der Waals surface area contributed by atoms with Gasteiger partial charge in [-0.05, 0) is 45.7 Å². The summed E-state index contributed by atoms with van der Waals surface area (Å²) in [7, 11) is 0. The Bertz CT molecular complexity index is 266. The van der Waals surface area contributed by atoms with Crippen LogP contribution in [0, 0.1) is 5.92 Å². The fourth-order valence-corrected chi connectivity index (χ4v) is 2.96. The molecule has 1 N–H and O–H groups in total. The van der Waals surface area contributed by atoms with Crippen molar-refractivity contribution in [3.05, 3.63) is 0 Å². The molecule has 2 saturated heterocycles. The molecular formula is C14H27N3O. The molecule has 2 aliphatic heterocycles. The van der Waals surface area contributed by atoms with Crippen LogP contribution in [0.1, 0.15) is 33.1 Å². The van der Waals surface area contributed by atoms with Gasteiger partial charge in [0.05, 0.1) is 0 Å². The highest BCUT2D eigenvalue weighted by Gasteiger charge is 2.25. The number of amides is 1. The molecule has 4 heteroatoms. The number of piperidine rings is 1. The second-order valence-corrected chi connectivity index (χ2v) is 5.91. The number of nitrogens with one attached hydrogen (secondary N) is 1. The van der Waals surface area contributed by atoms with Crippen LogP contribution in [0.25, 0.3) is 0 Å². The van der Waals surface area contributed by atoms with Crippen LogP contribution in [0.15, 0.2) is 0 Å². The van der Waals surface area contributed by atoms with Gasteiger partial charge in [0.25, 0.3) is 0 Å². The first kappa shape index (κ1) is 13.8. The number of piperazine rings is 1. The molecule has 0 aromatic heterocycles. The quantitative estimate of drug-likeness (QED) is 0.813. The minimum atomic E-state index is 0.375. The van der Waals surface area contributed by atoms with E-state index in [1.165, 1.54) is 12.8 Å². The van der Waals surface area contributed by atoms with E-state index in [0.29, 0.717) is 17.9 Å². The van der Waals surface area contributed by atoms with Crippen LogP contribution in [-0.4, -0.2) is 61.0 Å². The number of nitrogens with zero attached hydrogens (tertiary/aromatic N) is 2. The Morgan fingerprint density at radius 3 is 2.33 bits per heavy atom. The summed E-state index contributed by atoms with van der Waals surface area (Å²) in [6.45, 7) is 10.5. The van der Waals surface area contributed by atoms with Gasteiger partial charge >= 0.3 is 0 Å². The first-order chi connectivity index (χ1) is 8.66. The van der Waals surface area contributed by atoms with Gasteiger partial charge in [-0.3, -0.25) is 4.79 Å². The van der Waals surface area contributed by atoms with Gasteiger partial charge in [-0.25, -0.2) is 0 Å². The van der Waals surface area contributed by atoms with Gasteiger partial charge in [0.15, 0.2) is 0 Å². The third-order valence-corrected chi connectivity index (χ3v) is 4.31. The maximum Gasteiger partial charge on any atom is 0.222 e. The maximum atomic E-state index is 12.2. The second kappa shape index (κ2) is 6.53. The van der Waals surface area contributed by atoms with E-state index in [1.807, 2.05) is 4.90 Å². The minimum absolute atomic E-state index is 0.375. The molecule has 0 aromatic carbocycles. The first-order valence-electron chi connectivity index (χ1n) is 7.39. The summed E-state index contributed by atoms with van der Waals surface area (Å²) < 4.78 is 0. The topological polar surface area (TPSA) is 35.6 Å². The van der Waals surface area contributed by atoms with Crippen LogP contribution < -0.4 is 5.32 Å². The average Bonchev–Trinajstić information content (AvgIpc) is 2.40. The average molecular weight is 253 g/mol. The van der Waals surface area contributed by atoms with E-state index in [4.69, 9.17) is 0 Å². The zero-order chi connectivity index (χ0) is 13.0. The lowest BCUT2D eigenvalue weighted by Gasteiger charge is -2.35. The number of hydrogen-bond donors (Lipinski definition) is 1. The molecule has 0 spiro atoms. The van der Waals surface area contributed by atoms with Crippen molar-refractivity contribution in [2.45, 2.75) is 39.2 Å². The van der Waals surface area contributed by atoms with Crippen LogP contribution in [0.5, 0.6) is 0 Å². The highest BCUT2D eigenvalue weighted by Crippen LogP contribution is 2.22. The Labute approximate surface area is 111 Å². The van der Waals surface area contributed by atoms with Crippen LogP contribution in [0.4, 0.5) is 0 Å². The number of likely N-dealkylation sites (tertiary alicyclic amines) is 1. The summed E-state index contributed by atoms with van der Waals surface area (Å²) in [6, 6.07) is 0.648. The molecule has 2 aliphatic rings. The summed E-state index contributed by atoms with van der Waals surface area (Å²) in [5, 5.41) is 3.29. The standard InChI is InChI=1S/C14H27N3O/c1-12(2)16-7-3-13(4-8-16)11-14(18)17-9-5-15-6-10-17/h12-13,15H,3-11H2,1-2H3. The summed E-state index contributed by atoms with van der Waals surface area (Å²) >= 11 is 0. The molecule has 0 radical (unpaired) electrons. The van der Waals surface area contributed by atoms with Crippen molar-refractivity contribution in [3.8, 4) is 0 Å². The van der Waals surface area contributed by atoms with Crippen molar-refractivity contribution in [1.29, 1.82) is 0 Å². The number of carbonyl (C=O) groups excluding carboxylic acids is 1. The van der Waals surface area contributed by atoms with Crippen molar-refractivity contribution in [3.63, 3.8) is 0 Å². The fraction of sp³-hybridized carbons (Fsp3) is 0.929. The van der Waals surface area contributed by atoms with Gasteiger partial charge in [0, 0.05) is 38.6 Å². The molecule has 2 fully saturated rings. The molecule has 0 saturated carbocycles. The zero-order valence-corrected chi connectivity index (χ0v) is 11.8. The number of carbonyl (C=O) groups is 1. The summed E-state index contributed by atoms with van der Waals surface area (Å²) in [5.74, 6) is 0.988. The lowest BCUT2D eigenvalue weighted by Crippen LogP contribution is -2.47. The lowest BCUT2D eigenvalue weighted by atomic mass is 9.92. The van der Waals surface area contributed by atoms with Crippen LogP contribution >= 0.6 is 0 Å². The molecule has 0 unspecified atom stereocenters. The third kappa shape index (κ3) is 3.69. The molecule has 2 rings (SSSR count). The summed E-state index contributed by atoms with van der Waals surface area (Å²) in [4.78, 5) is 16.7. The van der Waals surface area contributed by atoms with E-state index >= 15 is 0 Å². The molecule has 0 bridgehead atoms. The molecule has 0 aromatic rings. The Morgan fingerprint density at radius 1 is 1.17 bits per heavy atom. The lowest BCUT2D eigenvalue weighted by molar-refractivity contribution is -0.133. The van der Waals surface area contributed by atoms with Crippen LogP contribution in [0.2, 0.25) is 0 Å². The molecule has 104 valence electrons. The monoisotopic (exact) mass is 253 g/mol. The first-order valence-corrected chi connectivity index (χ1v) is 7.39. The van der Waals surface area contributed by atoms with Gasteiger partial charge < -0.3 is 15.1 Å². The van der Waals surface area contributed by atoms with Crippen LogP contribution in [0.3, 0.4) is 0 Å². The predicted molar refractivity (Wildman–Crippen MR) is 73.5 cm³/mol. The molecular weight excluding hydrogens is 226 g/mol. The van der Waals surface area contributed by atoms with Gasteiger partial charge in [-0.1, -0.05) is 0 Å². The summed E-state index contributed by atoms with van der Waals surface area (Å²) in [6.07, 6.45) is 3.15. The molecule has 1 amide bonds. The molecule has 18 heavy (non-hydrogen) atoms. The normalized spacial score (nSPS) is 23.6. The molecule has 2 heterocycles. The van der Waals surface area contributed by atoms with E-state index in [1.54, 1.807) is 0 Å². The Balaban J connectivity index is 1.72. The van der Waals surface area contributed by atoms with Crippen molar-refractivity contribution < 1.29 is 4.79 Å². The smallest absolute Gasteiger partial charge is 0.222 e. The second-order valence-electron chi connectivity index (χ2n) is 5.91. The Kier molecular flexibility index (Phi) is 5.01. The summed E-state index contributed by atoms with van der Waals surface area (Å²) in [5.41, 5.74) is 0. The van der Waals surface area contributed by atoms with Crippen molar-refractivity contribution in [2.75, 3.05) is 39.3 Å². The number of rotatable bonds is 3. The Hall–Kier alpha value is -0.610. The van der Waals surface area contributed by atoms with Gasteiger partial charge in [0.1, 0.15) is 0 Å². The minimum Gasteiger partial charge on any atom is -0.340 e. The highest BCUT2D eigenvalue weighted by atomic mass is 16.2. The Morgan fingerprint density at radius 2 is 1.78 bits per heavy atom. The third-order valence-electron chi connectivity index (χ3n) is 4.31. The SMILES string of the molecule is CC(C)N1CCC(CC(=O)N2CCNCC2)CC1. The van der Waals surface area contributed by atoms with Crippen molar-refractivity contribution in [2.24, 2.45) is 5.92 Å². The zero-order valence-electron chi connectivity index (χ0n) is 11.8. The van der Waals surface area contributed by atoms with E-state index in [2.05, 4.69) is 24.1 Å². The maximum absolute atomic E-state index is 12.2. The molecule has 0 aliphatic carbocycles. The molecule has 4 nitrogen and oxygen atoms in total. The van der Waals surface area contributed by atoms with Gasteiger partial charge in [0.2, 0.25) is 5.91 Å². The fourth-order valence-electron chi connectivity index (χ4n) is 2.96. The van der Waals surface area contributed by atoms with Crippen molar-refractivity contribution >= 4 is 5.91 Å². The van der Waals surface area contributed by atoms with E-state index in [0.717, 1.165) is 45.7 Å².